The topological polar surface area (TPSA) is 237 Å². The number of rotatable bonds is 76. The van der Waals surface area contributed by atoms with Crippen LogP contribution in [0.1, 0.15) is 401 Å². The number of phosphoric ester groups is 2. The third-order valence-corrected chi connectivity index (χ3v) is 20.2. The lowest BCUT2D eigenvalue weighted by atomic mass is 10.00. The highest BCUT2D eigenvalue weighted by Gasteiger charge is 2.30. The standard InChI is InChI=1S/C77H150O17P2/c1-7-10-12-14-16-18-19-20-21-22-23-24-25-28-32-35-38-42-49-55-61-76(81)93-72(65-88-75(80)60-54-48-41-37-34-31-29-26-27-30-33-36-39-45-51-57-69(4)5)67-91-95(83,84)89-63-71(78)64-90-96(85,86)92-68-73(66-87-74(79)59-53-47-40-17-15-13-11-8-2)94-77(82)62-56-50-44-43-46-52-58-70(6)9-3/h69-73,78H,7-68H2,1-6H3,(H,83,84)(H,85,86)/t70?,71-,72-,73-/m1/s1. The molecule has 0 aliphatic rings. The number of ether oxygens (including phenoxy) is 4. The van der Waals surface area contributed by atoms with Crippen molar-refractivity contribution in [2.75, 3.05) is 39.6 Å². The van der Waals surface area contributed by atoms with E-state index in [-0.39, 0.29) is 25.7 Å². The number of esters is 4. The van der Waals surface area contributed by atoms with Gasteiger partial charge in [0.25, 0.3) is 0 Å². The van der Waals surface area contributed by atoms with Crippen molar-refractivity contribution >= 4 is 39.5 Å². The number of phosphoric acid groups is 2. The minimum Gasteiger partial charge on any atom is -0.462 e. The van der Waals surface area contributed by atoms with Gasteiger partial charge in [-0.3, -0.25) is 37.3 Å². The second kappa shape index (κ2) is 68.8. The van der Waals surface area contributed by atoms with E-state index >= 15 is 0 Å². The van der Waals surface area contributed by atoms with Crippen molar-refractivity contribution in [3.05, 3.63) is 0 Å². The molecule has 19 heteroatoms. The summed E-state index contributed by atoms with van der Waals surface area (Å²) in [6.45, 7) is 9.55. The quantitative estimate of drug-likeness (QED) is 0.0222. The summed E-state index contributed by atoms with van der Waals surface area (Å²) in [4.78, 5) is 72.7. The van der Waals surface area contributed by atoms with Gasteiger partial charge in [-0.15, -0.1) is 0 Å². The first-order valence-corrected chi connectivity index (χ1v) is 43.0. The lowest BCUT2D eigenvalue weighted by Gasteiger charge is -2.21. The predicted molar refractivity (Wildman–Crippen MR) is 391 cm³/mol. The molecule has 0 amide bonds. The van der Waals surface area contributed by atoms with Crippen LogP contribution in [0, 0.1) is 11.8 Å². The Morgan fingerprint density at radius 3 is 0.792 bits per heavy atom. The van der Waals surface area contributed by atoms with Crippen molar-refractivity contribution < 1.29 is 80.2 Å². The molecular formula is C77H150O17P2. The van der Waals surface area contributed by atoms with Gasteiger partial charge in [-0.05, 0) is 37.5 Å². The molecule has 0 saturated heterocycles. The predicted octanol–water partition coefficient (Wildman–Crippen LogP) is 22.7. The molecule has 0 aliphatic heterocycles. The van der Waals surface area contributed by atoms with Crippen LogP contribution in [0.15, 0.2) is 0 Å². The van der Waals surface area contributed by atoms with Gasteiger partial charge in [0.2, 0.25) is 0 Å². The molecule has 0 heterocycles. The van der Waals surface area contributed by atoms with E-state index < -0.39 is 97.5 Å². The van der Waals surface area contributed by atoms with Crippen LogP contribution >= 0.6 is 15.6 Å². The zero-order chi connectivity index (χ0) is 70.7. The number of unbranched alkanes of at least 4 members (excludes halogenated alkanes) is 45. The highest BCUT2D eigenvalue weighted by atomic mass is 31.2. The number of aliphatic hydroxyl groups is 1. The van der Waals surface area contributed by atoms with Gasteiger partial charge in [0.15, 0.2) is 12.2 Å². The molecule has 3 N–H and O–H groups in total. The highest BCUT2D eigenvalue weighted by Crippen LogP contribution is 2.45. The van der Waals surface area contributed by atoms with Crippen molar-refractivity contribution in [1.82, 2.24) is 0 Å². The Bertz CT molecular complexity index is 1860. The Labute approximate surface area is 588 Å². The van der Waals surface area contributed by atoms with Gasteiger partial charge in [-0.1, -0.05) is 350 Å². The van der Waals surface area contributed by atoms with Crippen LogP contribution in [0.2, 0.25) is 0 Å². The van der Waals surface area contributed by atoms with Gasteiger partial charge in [0.1, 0.15) is 19.3 Å². The summed E-state index contributed by atoms with van der Waals surface area (Å²) in [7, 11) is -9.91. The molecule has 570 valence electrons. The van der Waals surface area contributed by atoms with Crippen LogP contribution in [0.25, 0.3) is 0 Å². The van der Waals surface area contributed by atoms with Crippen LogP contribution in [0.4, 0.5) is 0 Å². The molecule has 0 aliphatic carbocycles. The summed E-state index contributed by atoms with van der Waals surface area (Å²) in [6.07, 6.45) is 57.2. The van der Waals surface area contributed by atoms with Crippen molar-refractivity contribution in [2.24, 2.45) is 11.8 Å². The summed E-state index contributed by atoms with van der Waals surface area (Å²) in [5, 5.41) is 10.6. The SMILES string of the molecule is CCCCCCCCCCCCCCCCCCCCCCC(=O)O[C@H](COC(=O)CCCCCCCCCCCCCCCCCC(C)C)COP(=O)(O)OC[C@@H](O)COP(=O)(O)OC[C@@H](COC(=O)CCCCCCCCCC)OC(=O)CCCCCCCCC(C)CC. The van der Waals surface area contributed by atoms with Gasteiger partial charge in [-0.25, -0.2) is 9.13 Å². The lowest BCUT2D eigenvalue weighted by molar-refractivity contribution is -0.161. The van der Waals surface area contributed by atoms with Crippen LogP contribution in [0.3, 0.4) is 0 Å². The molecule has 17 nitrogen and oxygen atoms in total. The third kappa shape index (κ3) is 69.2. The van der Waals surface area contributed by atoms with Gasteiger partial charge in [-0.2, -0.15) is 0 Å². The van der Waals surface area contributed by atoms with E-state index in [1.54, 1.807) is 0 Å². The van der Waals surface area contributed by atoms with E-state index in [1.807, 2.05) is 0 Å². The Morgan fingerprint density at radius 1 is 0.302 bits per heavy atom. The number of carbonyl (C=O) groups is 4. The molecule has 0 saturated carbocycles. The molecule has 0 aromatic rings. The van der Waals surface area contributed by atoms with Crippen molar-refractivity contribution in [3.63, 3.8) is 0 Å². The van der Waals surface area contributed by atoms with E-state index in [0.29, 0.717) is 25.7 Å². The maximum Gasteiger partial charge on any atom is 0.472 e. The van der Waals surface area contributed by atoms with Gasteiger partial charge in [0, 0.05) is 25.7 Å². The molecule has 0 radical (unpaired) electrons. The molecule has 0 fully saturated rings. The number of hydrogen-bond acceptors (Lipinski definition) is 15. The molecular weight excluding hydrogens is 1260 g/mol. The second-order valence-electron chi connectivity index (χ2n) is 28.5. The lowest BCUT2D eigenvalue weighted by Crippen LogP contribution is -2.30. The molecule has 0 spiro atoms. The first-order chi connectivity index (χ1) is 46.4. The summed E-state index contributed by atoms with van der Waals surface area (Å²) in [5.41, 5.74) is 0. The van der Waals surface area contributed by atoms with Crippen molar-refractivity contribution in [2.45, 2.75) is 419 Å². The monoisotopic (exact) mass is 1410 g/mol. The van der Waals surface area contributed by atoms with Crippen LogP contribution in [-0.4, -0.2) is 96.7 Å². The molecule has 96 heavy (non-hydrogen) atoms. The second-order valence-corrected chi connectivity index (χ2v) is 31.4. The summed E-state index contributed by atoms with van der Waals surface area (Å²) in [6, 6.07) is 0. The molecule has 6 atom stereocenters. The summed E-state index contributed by atoms with van der Waals surface area (Å²) >= 11 is 0. The number of carbonyl (C=O) groups excluding carboxylic acids is 4. The fourth-order valence-corrected chi connectivity index (χ4v) is 13.4. The maximum absolute atomic E-state index is 13.1. The zero-order valence-corrected chi connectivity index (χ0v) is 64.5. The van der Waals surface area contributed by atoms with Gasteiger partial charge >= 0.3 is 39.5 Å². The molecule has 3 unspecified atom stereocenters. The Morgan fingerprint density at radius 2 is 0.531 bits per heavy atom. The summed E-state index contributed by atoms with van der Waals surface area (Å²) in [5.74, 6) is -0.594. The van der Waals surface area contributed by atoms with Crippen LogP contribution in [-0.2, 0) is 65.4 Å². The minimum absolute atomic E-state index is 0.103. The number of aliphatic hydroxyl groups excluding tert-OH is 1. The average Bonchev–Trinajstić information content (AvgIpc) is 3.76. The first kappa shape index (κ1) is 94.1. The largest absolute Gasteiger partial charge is 0.472 e. The molecule has 0 rings (SSSR count). The van der Waals surface area contributed by atoms with E-state index in [4.69, 9.17) is 37.0 Å². The Hall–Kier alpha value is -1.94. The van der Waals surface area contributed by atoms with Crippen molar-refractivity contribution in [3.8, 4) is 0 Å². The van der Waals surface area contributed by atoms with E-state index in [9.17, 15) is 43.2 Å². The normalized spacial score (nSPS) is 14.3. The van der Waals surface area contributed by atoms with E-state index in [2.05, 4.69) is 41.5 Å². The van der Waals surface area contributed by atoms with E-state index in [1.165, 1.54) is 212 Å². The smallest absolute Gasteiger partial charge is 0.462 e. The highest BCUT2D eigenvalue weighted by molar-refractivity contribution is 7.47. The van der Waals surface area contributed by atoms with Crippen LogP contribution in [0.5, 0.6) is 0 Å². The zero-order valence-electron chi connectivity index (χ0n) is 62.7. The minimum atomic E-state index is -4.96. The third-order valence-electron chi connectivity index (χ3n) is 18.3. The fourth-order valence-electron chi connectivity index (χ4n) is 11.8. The molecule has 0 aromatic heterocycles. The van der Waals surface area contributed by atoms with Crippen LogP contribution < -0.4 is 0 Å². The Kier molecular flexibility index (Phi) is 67.4. The Balaban J connectivity index is 5.18. The number of hydrogen-bond donors (Lipinski definition) is 3. The van der Waals surface area contributed by atoms with Crippen molar-refractivity contribution in [1.29, 1.82) is 0 Å². The first-order valence-electron chi connectivity index (χ1n) is 40.0. The summed E-state index contributed by atoms with van der Waals surface area (Å²) < 4.78 is 68.4. The van der Waals surface area contributed by atoms with Gasteiger partial charge in [0.05, 0.1) is 26.4 Å². The molecule has 0 bridgehead atoms. The van der Waals surface area contributed by atoms with Gasteiger partial charge < -0.3 is 33.8 Å². The van der Waals surface area contributed by atoms with E-state index in [0.717, 1.165) is 108 Å². The average molecular weight is 1410 g/mol. The fraction of sp³-hybridized carbons (Fsp3) is 0.948. The molecule has 0 aromatic carbocycles. The maximum atomic E-state index is 13.1.